The van der Waals surface area contributed by atoms with Crippen LogP contribution in [0.3, 0.4) is 0 Å². The summed E-state index contributed by atoms with van der Waals surface area (Å²) in [5, 5.41) is 9.61. The van der Waals surface area contributed by atoms with Crippen LogP contribution >= 0.6 is 11.6 Å². The fraction of sp³-hybridized carbons (Fsp3) is 0.296. The van der Waals surface area contributed by atoms with Crippen LogP contribution in [0.5, 0.6) is 5.75 Å². The molecule has 0 bridgehead atoms. The number of aliphatic hydroxyl groups is 1. The molecule has 0 unspecified atom stereocenters. The van der Waals surface area contributed by atoms with Crippen LogP contribution in [0.4, 0.5) is 14.7 Å². The number of hydrogen-bond acceptors (Lipinski definition) is 8. The summed E-state index contributed by atoms with van der Waals surface area (Å²) in [4.78, 5) is 32.6. The van der Waals surface area contributed by atoms with E-state index in [9.17, 15) is 18.7 Å². The molecule has 12 heteroatoms. The molecule has 0 amide bonds. The monoisotopic (exact) mass is 554 g/mol. The Morgan fingerprint density at radius 3 is 2.59 bits per heavy atom. The Balaban J connectivity index is 1.45. The van der Waals surface area contributed by atoms with E-state index in [4.69, 9.17) is 16.3 Å². The first-order chi connectivity index (χ1) is 18.7. The fourth-order valence-electron chi connectivity index (χ4n) is 4.38. The van der Waals surface area contributed by atoms with Gasteiger partial charge in [0.25, 0.3) is 5.56 Å². The Labute approximate surface area is 227 Å². The fourth-order valence-corrected chi connectivity index (χ4v) is 4.58. The zero-order valence-electron chi connectivity index (χ0n) is 21.2. The van der Waals surface area contributed by atoms with E-state index in [1.54, 1.807) is 37.5 Å². The summed E-state index contributed by atoms with van der Waals surface area (Å²) < 4.78 is 34.1. The van der Waals surface area contributed by atoms with Crippen LogP contribution in [-0.2, 0) is 6.61 Å². The molecule has 1 aliphatic heterocycles. The summed E-state index contributed by atoms with van der Waals surface area (Å²) in [6, 6.07) is 5.77. The summed E-state index contributed by atoms with van der Waals surface area (Å²) in [5.74, 6) is -1.06. The lowest BCUT2D eigenvalue weighted by atomic mass is 10.1. The van der Waals surface area contributed by atoms with Crippen molar-refractivity contribution >= 4 is 17.5 Å². The molecule has 5 heterocycles. The lowest BCUT2D eigenvalue weighted by Gasteiger charge is -2.29. The van der Waals surface area contributed by atoms with Crippen LogP contribution in [0.25, 0.3) is 17.1 Å². The number of ether oxygens (including phenoxy) is 1. The third-order valence-corrected chi connectivity index (χ3v) is 6.86. The molecular weight excluding hydrogens is 530 g/mol. The van der Waals surface area contributed by atoms with Crippen molar-refractivity contribution in [2.75, 3.05) is 18.0 Å². The maximum absolute atomic E-state index is 14.0. The molecule has 5 rings (SSSR count). The van der Waals surface area contributed by atoms with Crippen molar-refractivity contribution in [3.63, 3.8) is 0 Å². The summed E-state index contributed by atoms with van der Waals surface area (Å²) in [7, 11) is 0. The molecule has 0 radical (unpaired) electrons. The quantitative estimate of drug-likeness (QED) is 0.378. The maximum Gasteiger partial charge on any atom is 0.277 e. The van der Waals surface area contributed by atoms with E-state index < -0.39 is 17.2 Å². The lowest BCUT2D eigenvalue weighted by molar-refractivity contribution is 0.145. The third-order valence-electron chi connectivity index (χ3n) is 6.52. The van der Waals surface area contributed by atoms with Crippen LogP contribution in [-0.4, -0.2) is 48.8 Å². The van der Waals surface area contributed by atoms with E-state index in [2.05, 4.69) is 19.9 Å². The summed E-state index contributed by atoms with van der Waals surface area (Å²) in [5.41, 5.74) is 2.27. The summed E-state index contributed by atoms with van der Waals surface area (Å²) in [6.45, 7) is 4.52. The Hall–Kier alpha value is -3.96. The van der Waals surface area contributed by atoms with Crippen molar-refractivity contribution in [2.24, 2.45) is 0 Å². The van der Waals surface area contributed by atoms with E-state index in [1.807, 2.05) is 11.8 Å². The van der Waals surface area contributed by atoms with Crippen LogP contribution in [0, 0.1) is 25.5 Å². The minimum absolute atomic E-state index is 0.0555. The second-order valence-electron chi connectivity index (χ2n) is 9.29. The molecule has 0 aliphatic carbocycles. The van der Waals surface area contributed by atoms with Gasteiger partial charge in [-0.05, 0) is 44.4 Å². The Morgan fingerprint density at radius 1 is 1.08 bits per heavy atom. The molecule has 0 saturated carbocycles. The molecule has 4 aromatic heterocycles. The highest BCUT2D eigenvalue weighted by Crippen LogP contribution is 2.28. The number of piperidine rings is 1. The number of aromatic nitrogens is 5. The molecule has 4 aromatic rings. The van der Waals surface area contributed by atoms with Crippen LogP contribution in [0.15, 0.2) is 47.7 Å². The molecule has 0 spiro atoms. The first kappa shape index (κ1) is 26.6. The number of aliphatic hydroxyl groups excluding tert-OH is 1. The predicted octanol–water partition coefficient (Wildman–Crippen LogP) is 4.17. The topological polar surface area (TPSA) is 106 Å². The Bertz CT molecular complexity index is 1590. The van der Waals surface area contributed by atoms with Crippen molar-refractivity contribution in [1.82, 2.24) is 24.5 Å². The molecule has 1 fully saturated rings. The van der Waals surface area contributed by atoms with Crippen LogP contribution < -0.4 is 15.2 Å². The van der Waals surface area contributed by atoms with Gasteiger partial charge in [-0.2, -0.15) is 0 Å². The minimum atomic E-state index is -0.859. The maximum atomic E-state index is 14.0. The van der Waals surface area contributed by atoms with E-state index in [-0.39, 0.29) is 29.2 Å². The number of rotatable bonds is 6. The van der Waals surface area contributed by atoms with E-state index >= 15 is 0 Å². The smallest absolute Gasteiger partial charge is 0.277 e. The van der Waals surface area contributed by atoms with Gasteiger partial charge in [0.15, 0.2) is 5.82 Å². The van der Waals surface area contributed by atoms with Gasteiger partial charge in [-0.25, -0.2) is 18.7 Å². The molecule has 39 heavy (non-hydrogen) atoms. The van der Waals surface area contributed by atoms with E-state index in [0.717, 1.165) is 11.8 Å². The van der Waals surface area contributed by atoms with Crippen molar-refractivity contribution in [3.8, 4) is 22.8 Å². The van der Waals surface area contributed by atoms with Gasteiger partial charge in [-0.1, -0.05) is 11.6 Å². The van der Waals surface area contributed by atoms with Crippen molar-refractivity contribution in [3.05, 3.63) is 86.8 Å². The van der Waals surface area contributed by atoms with Gasteiger partial charge in [0.05, 0.1) is 29.4 Å². The summed E-state index contributed by atoms with van der Waals surface area (Å²) in [6.07, 6.45) is 5.18. The zero-order valence-corrected chi connectivity index (χ0v) is 22.0. The van der Waals surface area contributed by atoms with Gasteiger partial charge in [-0.15, -0.1) is 0 Å². The standard InChI is InChI=1S/C27H25ClF2N6O3/c1-15-12-32-21(20-3-6-31-27(34-20)35-7-4-18(37)5-8-35)11-23(15)36-16(2)9-24(25(28)26(36)38)39-14-22-19(30)10-17(29)13-33-22/h3,6,9-13,18,37H,4-5,7-8,14H2,1-2H3. The molecule has 0 atom stereocenters. The molecule has 1 saturated heterocycles. The first-order valence-corrected chi connectivity index (χ1v) is 12.7. The number of pyridine rings is 3. The van der Waals surface area contributed by atoms with Gasteiger partial charge in [-0.3, -0.25) is 19.3 Å². The van der Waals surface area contributed by atoms with E-state index in [0.29, 0.717) is 60.7 Å². The second-order valence-corrected chi connectivity index (χ2v) is 9.67. The van der Waals surface area contributed by atoms with Crippen LogP contribution in [0.2, 0.25) is 5.02 Å². The van der Waals surface area contributed by atoms with Crippen molar-refractivity contribution in [1.29, 1.82) is 0 Å². The minimum Gasteiger partial charge on any atom is -0.485 e. The number of nitrogens with zero attached hydrogens (tertiary/aromatic N) is 6. The summed E-state index contributed by atoms with van der Waals surface area (Å²) >= 11 is 6.39. The van der Waals surface area contributed by atoms with Gasteiger partial charge >= 0.3 is 0 Å². The lowest BCUT2D eigenvalue weighted by Crippen LogP contribution is -2.36. The Morgan fingerprint density at radius 2 is 1.85 bits per heavy atom. The SMILES string of the molecule is Cc1cnc(-c2ccnc(N3CCC(O)CC3)n2)cc1-n1c(C)cc(OCc2ncc(F)cc2F)c(Cl)c1=O. The average molecular weight is 555 g/mol. The van der Waals surface area contributed by atoms with Gasteiger partial charge < -0.3 is 14.7 Å². The number of aryl methyl sites for hydroxylation is 2. The zero-order chi connectivity index (χ0) is 27.7. The van der Waals surface area contributed by atoms with Crippen molar-refractivity contribution < 1.29 is 18.6 Å². The molecule has 1 N–H and O–H groups in total. The second kappa shape index (κ2) is 11.0. The largest absolute Gasteiger partial charge is 0.485 e. The van der Waals surface area contributed by atoms with Gasteiger partial charge in [0.2, 0.25) is 5.95 Å². The molecular formula is C27H25ClF2N6O3. The number of halogens is 3. The molecule has 0 aromatic carbocycles. The number of anilines is 1. The van der Waals surface area contributed by atoms with Crippen molar-refractivity contribution in [2.45, 2.75) is 39.4 Å². The predicted molar refractivity (Wildman–Crippen MR) is 141 cm³/mol. The average Bonchev–Trinajstić information content (AvgIpc) is 2.92. The highest BCUT2D eigenvalue weighted by molar-refractivity contribution is 6.31. The normalized spacial score (nSPS) is 14.1. The molecule has 202 valence electrons. The third kappa shape index (κ3) is 5.59. The highest BCUT2D eigenvalue weighted by Gasteiger charge is 2.21. The highest BCUT2D eigenvalue weighted by atomic mass is 35.5. The Kier molecular flexibility index (Phi) is 7.53. The molecule has 1 aliphatic rings. The van der Waals surface area contributed by atoms with Gasteiger partial charge in [0, 0.05) is 43.3 Å². The van der Waals surface area contributed by atoms with Crippen LogP contribution in [0.1, 0.15) is 29.8 Å². The van der Waals surface area contributed by atoms with Gasteiger partial charge in [0.1, 0.15) is 28.9 Å². The first-order valence-electron chi connectivity index (χ1n) is 12.3. The van der Waals surface area contributed by atoms with E-state index in [1.165, 1.54) is 4.57 Å². The number of hydrogen-bond donors (Lipinski definition) is 1. The molecule has 9 nitrogen and oxygen atoms in total.